The minimum absolute atomic E-state index is 0. The van der Waals surface area contributed by atoms with Crippen molar-refractivity contribution in [2.75, 3.05) is 13.1 Å². The number of unbranched alkanes of at least 4 members (excludes halogenated alkanes) is 2. The second-order valence-corrected chi connectivity index (χ2v) is 2.46. The van der Waals surface area contributed by atoms with Crippen LogP contribution in [0.4, 0.5) is 0 Å². The molecule has 0 aromatic rings. The van der Waals surface area contributed by atoms with Gasteiger partial charge in [0.2, 0.25) is 0 Å². The first-order valence-electron chi connectivity index (χ1n) is 4.12. The second-order valence-electron chi connectivity index (χ2n) is 2.46. The van der Waals surface area contributed by atoms with Crippen molar-refractivity contribution in [2.45, 2.75) is 39.5 Å². The molecule has 0 amide bonds. The average molecular weight is 137 g/mol. The SMILES string of the molecule is CCCCNCCCC.[LiH]. The third-order valence-electron chi connectivity index (χ3n) is 1.41. The Hall–Kier alpha value is 0.557. The molecule has 0 aromatic heterocycles. The summed E-state index contributed by atoms with van der Waals surface area (Å²) in [5.74, 6) is 0. The summed E-state index contributed by atoms with van der Waals surface area (Å²) in [6.45, 7) is 6.86. The third-order valence-corrected chi connectivity index (χ3v) is 1.41. The quantitative estimate of drug-likeness (QED) is 0.432. The van der Waals surface area contributed by atoms with Gasteiger partial charge in [0.05, 0.1) is 0 Å². The van der Waals surface area contributed by atoms with Crippen LogP contribution < -0.4 is 5.32 Å². The molecule has 0 saturated heterocycles. The van der Waals surface area contributed by atoms with Crippen LogP contribution in [0.2, 0.25) is 0 Å². The van der Waals surface area contributed by atoms with Crippen LogP contribution in [-0.4, -0.2) is 32.0 Å². The first-order valence-corrected chi connectivity index (χ1v) is 4.12. The molecule has 2 heteroatoms. The van der Waals surface area contributed by atoms with E-state index in [9.17, 15) is 0 Å². The van der Waals surface area contributed by atoms with Gasteiger partial charge in [0.25, 0.3) is 0 Å². The summed E-state index contributed by atoms with van der Waals surface area (Å²) in [5.41, 5.74) is 0. The fourth-order valence-electron chi connectivity index (χ4n) is 0.729. The zero-order valence-electron chi connectivity index (χ0n) is 6.74. The summed E-state index contributed by atoms with van der Waals surface area (Å²) in [6.07, 6.45) is 5.26. The van der Waals surface area contributed by atoms with E-state index in [1.54, 1.807) is 0 Å². The Kier molecular flexibility index (Phi) is 16.1. The molecule has 0 heterocycles. The van der Waals surface area contributed by atoms with Gasteiger partial charge in [-0.1, -0.05) is 26.7 Å². The summed E-state index contributed by atoms with van der Waals surface area (Å²) in [6, 6.07) is 0. The molecule has 0 aliphatic rings. The second kappa shape index (κ2) is 12.3. The van der Waals surface area contributed by atoms with E-state index >= 15 is 0 Å². The van der Waals surface area contributed by atoms with Gasteiger partial charge in [-0.15, -0.1) is 0 Å². The molecule has 0 aliphatic carbocycles. The van der Waals surface area contributed by atoms with Crippen LogP contribution >= 0.6 is 0 Å². The molecular weight excluding hydrogens is 117 g/mol. The molecule has 58 valence electrons. The van der Waals surface area contributed by atoms with Crippen molar-refractivity contribution in [2.24, 2.45) is 0 Å². The first-order chi connectivity index (χ1) is 4.41. The molecule has 0 unspecified atom stereocenters. The van der Waals surface area contributed by atoms with E-state index in [1.165, 1.54) is 38.8 Å². The van der Waals surface area contributed by atoms with Crippen molar-refractivity contribution in [3.8, 4) is 0 Å². The Bertz CT molecular complexity index is 42.5. The molecule has 0 saturated carbocycles. The van der Waals surface area contributed by atoms with Gasteiger partial charge in [0, 0.05) is 0 Å². The van der Waals surface area contributed by atoms with Gasteiger partial charge in [-0.2, -0.15) is 0 Å². The fraction of sp³-hybridized carbons (Fsp3) is 1.00. The normalized spacial score (nSPS) is 9.00. The van der Waals surface area contributed by atoms with E-state index in [1.807, 2.05) is 0 Å². The van der Waals surface area contributed by atoms with Crippen LogP contribution in [0.1, 0.15) is 39.5 Å². The molecule has 0 bridgehead atoms. The maximum absolute atomic E-state index is 3.39. The molecule has 0 aliphatic heterocycles. The molecule has 0 radical (unpaired) electrons. The van der Waals surface area contributed by atoms with Gasteiger partial charge in [0.1, 0.15) is 0 Å². The monoisotopic (exact) mass is 137 g/mol. The summed E-state index contributed by atoms with van der Waals surface area (Å²) in [7, 11) is 0. The van der Waals surface area contributed by atoms with Crippen molar-refractivity contribution in [3.05, 3.63) is 0 Å². The predicted octanol–water partition coefficient (Wildman–Crippen LogP) is 1.53. The zero-order valence-corrected chi connectivity index (χ0v) is 6.74. The molecule has 1 N–H and O–H groups in total. The van der Waals surface area contributed by atoms with E-state index < -0.39 is 0 Å². The standard InChI is InChI=1S/C8H19N.Li.H/c1-3-5-7-9-8-6-4-2;;/h9H,3-8H2,1-2H3;;. The minimum atomic E-state index is 0. The summed E-state index contributed by atoms with van der Waals surface area (Å²) in [5, 5.41) is 3.39. The Balaban J connectivity index is 0. The van der Waals surface area contributed by atoms with Crippen molar-refractivity contribution < 1.29 is 0 Å². The van der Waals surface area contributed by atoms with Crippen LogP contribution in [-0.2, 0) is 0 Å². The van der Waals surface area contributed by atoms with Gasteiger partial charge in [0.15, 0.2) is 0 Å². The fourth-order valence-corrected chi connectivity index (χ4v) is 0.729. The Morgan fingerprint density at radius 1 is 0.900 bits per heavy atom. The Morgan fingerprint density at radius 2 is 1.30 bits per heavy atom. The van der Waals surface area contributed by atoms with Gasteiger partial charge >= 0.3 is 18.9 Å². The average Bonchev–Trinajstić information content (AvgIpc) is 1.89. The Labute approximate surface area is 77.1 Å². The maximum atomic E-state index is 3.39. The van der Waals surface area contributed by atoms with Crippen molar-refractivity contribution in [3.63, 3.8) is 0 Å². The molecular formula is C8H20LiN. The topological polar surface area (TPSA) is 12.0 Å². The van der Waals surface area contributed by atoms with E-state index in [-0.39, 0.29) is 18.9 Å². The molecule has 10 heavy (non-hydrogen) atoms. The number of hydrogen-bond acceptors (Lipinski definition) is 1. The van der Waals surface area contributed by atoms with E-state index in [0.717, 1.165) is 0 Å². The van der Waals surface area contributed by atoms with E-state index in [2.05, 4.69) is 19.2 Å². The van der Waals surface area contributed by atoms with Gasteiger partial charge in [-0.25, -0.2) is 0 Å². The third kappa shape index (κ3) is 11.4. The molecule has 0 atom stereocenters. The summed E-state index contributed by atoms with van der Waals surface area (Å²) in [4.78, 5) is 0. The number of hydrogen-bond donors (Lipinski definition) is 1. The molecule has 0 spiro atoms. The van der Waals surface area contributed by atoms with Gasteiger partial charge in [-0.3, -0.25) is 0 Å². The van der Waals surface area contributed by atoms with Crippen molar-refractivity contribution >= 4 is 18.9 Å². The first kappa shape index (κ1) is 13.2. The van der Waals surface area contributed by atoms with E-state index in [0.29, 0.717) is 0 Å². The summed E-state index contributed by atoms with van der Waals surface area (Å²) >= 11 is 0. The molecule has 0 fully saturated rings. The van der Waals surface area contributed by atoms with Crippen LogP contribution in [0.3, 0.4) is 0 Å². The van der Waals surface area contributed by atoms with Gasteiger partial charge in [-0.05, 0) is 25.9 Å². The van der Waals surface area contributed by atoms with Crippen LogP contribution in [0.5, 0.6) is 0 Å². The number of rotatable bonds is 6. The van der Waals surface area contributed by atoms with Crippen molar-refractivity contribution in [1.82, 2.24) is 5.32 Å². The van der Waals surface area contributed by atoms with Crippen LogP contribution in [0.25, 0.3) is 0 Å². The summed E-state index contributed by atoms with van der Waals surface area (Å²) < 4.78 is 0. The molecule has 0 rings (SSSR count). The zero-order chi connectivity index (χ0) is 6.95. The molecule has 0 aromatic carbocycles. The van der Waals surface area contributed by atoms with Crippen LogP contribution in [0, 0.1) is 0 Å². The Morgan fingerprint density at radius 3 is 1.60 bits per heavy atom. The van der Waals surface area contributed by atoms with Gasteiger partial charge < -0.3 is 5.32 Å². The predicted molar refractivity (Wildman–Crippen MR) is 49.8 cm³/mol. The van der Waals surface area contributed by atoms with Crippen LogP contribution in [0.15, 0.2) is 0 Å². The van der Waals surface area contributed by atoms with Crippen molar-refractivity contribution in [1.29, 1.82) is 0 Å². The number of nitrogens with one attached hydrogen (secondary N) is 1. The van der Waals surface area contributed by atoms with E-state index in [4.69, 9.17) is 0 Å². The molecule has 1 nitrogen and oxygen atoms in total.